The predicted molar refractivity (Wildman–Crippen MR) is 63.5 cm³/mol. The van der Waals surface area contributed by atoms with Gasteiger partial charge in [-0.1, -0.05) is 0 Å². The van der Waals surface area contributed by atoms with Crippen LogP contribution in [-0.2, 0) is 4.74 Å². The van der Waals surface area contributed by atoms with Gasteiger partial charge in [-0.2, -0.15) is 0 Å². The number of H-pyrrole nitrogens is 1. The molecule has 0 aliphatic rings. The van der Waals surface area contributed by atoms with Crippen molar-refractivity contribution in [2.24, 2.45) is 4.99 Å². The molecule has 1 heterocycles. The van der Waals surface area contributed by atoms with Crippen LogP contribution in [0.25, 0.3) is 0 Å². The number of hydrogen-bond acceptors (Lipinski definition) is 4. The number of aliphatic imine (C=N–C) groups is 1. The lowest BCUT2D eigenvalue weighted by molar-refractivity contribution is 0.208. The molecular weight excluding hydrogens is 262 g/mol. The third kappa shape index (κ3) is 3.17. The number of rotatable bonds is 4. The number of pyridine rings is 1. The summed E-state index contributed by atoms with van der Waals surface area (Å²) >= 11 is 3.22. The minimum absolute atomic E-state index is 0.253. The fraction of sp³-hybridized carbons (Fsp3) is 0.333. The smallest absolute Gasteiger partial charge is 0.258 e. The Kier molecular flexibility index (Phi) is 4.51. The van der Waals surface area contributed by atoms with E-state index in [4.69, 9.17) is 10.5 Å². The molecule has 0 atom stereocenters. The Balaban J connectivity index is 2.89. The Bertz CT molecular complexity index is 414. The summed E-state index contributed by atoms with van der Waals surface area (Å²) in [5.41, 5.74) is 6.21. The second-order valence-electron chi connectivity index (χ2n) is 2.82. The number of halogens is 1. The number of aromatic nitrogens is 1. The predicted octanol–water partition coefficient (Wildman–Crippen LogP) is 0.785. The van der Waals surface area contributed by atoms with Crippen molar-refractivity contribution < 1.29 is 4.74 Å². The summed E-state index contributed by atoms with van der Waals surface area (Å²) in [4.78, 5) is 17.9. The highest BCUT2D eigenvalue weighted by atomic mass is 79.9. The van der Waals surface area contributed by atoms with Crippen molar-refractivity contribution in [3.63, 3.8) is 0 Å². The minimum Gasteiger partial charge on any atom is -0.397 e. The lowest BCUT2D eigenvalue weighted by Crippen LogP contribution is -2.15. The van der Waals surface area contributed by atoms with Gasteiger partial charge < -0.3 is 15.5 Å². The van der Waals surface area contributed by atoms with E-state index in [9.17, 15) is 4.79 Å². The SMILES string of the molecule is COCCN=Cc1c(N)c(Br)c[nH]c1=O. The summed E-state index contributed by atoms with van der Waals surface area (Å²) < 4.78 is 5.47. The molecule has 0 aliphatic heterocycles. The van der Waals surface area contributed by atoms with Gasteiger partial charge in [0.05, 0.1) is 28.9 Å². The second-order valence-corrected chi connectivity index (χ2v) is 3.68. The summed E-state index contributed by atoms with van der Waals surface area (Å²) in [6.45, 7) is 1.02. The molecular formula is C9H12BrN3O2. The van der Waals surface area contributed by atoms with Crippen LogP contribution in [0.1, 0.15) is 5.56 Å². The van der Waals surface area contributed by atoms with Gasteiger partial charge in [0.2, 0.25) is 0 Å². The number of nitrogen functional groups attached to an aromatic ring is 1. The standard InChI is InChI=1S/C9H12BrN3O2/c1-15-3-2-12-4-6-8(11)7(10)5-13-9(6)14/h4-5H,2-3H2,1H3,(H3,11,13,14). The van der Waals surface area contributed by atoms with E-state index >= 15 is 0 Å². The van der Waals surface area contributed by atoms with Crippen molar-refractivity contribution in [3.05, 3.63) is 26.6 Å². The Morgan fingerprint density at radius 3 is 3.13 bits per heavy atom. The van der Waals surface area contributed by atoms with Crippen LogP contribution >= 0.6 is 15.9 Å². The summed E-state index contributed by atoms with van der Waals surface area (Å²) in [5.74, 6) is 0. The number of methoxy groups -OCH3 is 1. The first-order chi connectivity index (χ1) is 7.16. The highest BCUT2D eigenvalue weighted by Gasteiger charge is 2.04. The molecule has 0 amide bonds. The Morgan fingerprint density at radius 2 is 2.47 bits per heavy atom. The zero-order valence-electron chi connectivity index (χ0n) is 8.29. The summed E-state index contributed by atoms with van der Waals surface area (Å²) in [5, 5.41) is 0. The van der Waals surface area contributed by atoms with Crippen LogP contribution in [0.2, 0.25) is 0 Å². The zero-order valence-corrected chi connectivity index (χ0v) is 9.87. The van der Waals surface area contributed by atoms with Gasteiger partial charge >= 0.3 is 0 Å². The van der Waals surface area contributed by atoms with Crippen LogP contribution in [-0.4, -0.2) is 31.5 Å². The first kappa shape index (κ1) is 11.9. The van der Waals surface area contributed by atoms with E-state index in [0.717, 1.165) is 0 Å². The van der Waals surface area contributed by atoms with Crippen LogP contribution in [0.4, 0.5) is 5.69 Å². The van der Waals surface area contributed by atoms with Gasteiger partial charge in [0.25, 0.3) is 5.56 Å². The molecule has 0 aliphatic carbocycles. The lowest BCUT2D eigenvalue weighted by Gasteiger charge is -2.00. The highest BCUT2D eigenvalue weighted by molar-refractivity contribution is 9.10. The topological polar surface area (TPSA) is 80.5 Å². The van der Waals surface area contributed by atoms with Gasteiger partial charge in [-0.3, -0.25) is 9.79 Å². The van der Waals surface area contributed by atoms with Crippen LogP contribution in [0.15, 0.2) is 20.5 Å². The summed E-state index contributed by atoms with van der Waals surface area (Å²) in [7, 11) is 1.59. The third-order valence-electron chi connectivity index (χ3n) is 1.77. The van der Waals surface area contributed by atoms with E-state index in [1.54, 1.807) is 7.11 Å². The summed E-state index contributed by atoms with van der Waals surface area (Å²) in [6, 6.07) is 0. The van der Waals surface area contributed by atoms with E-state index in [-0.39, 0.29) is 5.56 Å². The van der Waals surface area contributed by atoms with Crippen molar-refractivity contribution in [3.8, 4) is 0 Å². The van der Waals surface area contributed by atoms with Gasteiger partial charge in [-0.25, -0.2) is 0 Å². The molecule has 1 aromatic heterocycles. The number of nitrogens with two attached hydrogens (primary N) is 1. The first-order valence-electron chi connectivity index (χ1n) is 4.32. The Morgan fingerprint density at radius 1 is 1.73 bits per heavy atom. The summed E-state index contributed by atoms with van der Waals surface area (Å²) in [6.07, 6.45) is 2.96. The van der Waals surface area contributed by atoms with Crippen LogP contribution in [0.5, 0.6) is 0 Å². The maximum Gasteiger partial charge on any atom is 0.258 e. The van der Waals surface area contributed by atoms with Crippen molar-refractivity contribution in [2.45, 2.75) is 0 Å². The first-order valence-corrected chi connectivity index (χ1v) is 5.11. The van der Waals surface area contributed by atoms with Gasteiger partial charge in [-0.05, 0) is 15.9 Å². The molecule has 0 saturated carbocycles. The monoisotopic (exact) mass is 273 g/mol. The maximum atomic E-state index is 11.4. The van der Waals surface area contributed by atoms with Crippen molar-refractivity contribution in [1.82, 2.24) is 4.98 Å². The van der Waals surface area contributed by atoms with Crippen LogP contribution < -0.4 is 11.3 Å². The lowest BCUT2D eigenvalue weighted by atomic mass is 10.2. The molecule has 0 fully saturated rings. The number of nitrogens with zero attached hydrogens (tertiary/aromatic N) is 1. The molecule has 1 rings (SSSR count). The molecule has 0 spiro atoms. The number of aromatic amines is 1. The molecule has 0 aromatic carbocycles. The minimum atomic E-state index is -0.253. The van der Waals surface area contributed by atoms with E-state index in [0.29, 0.717) is 28.9 Å². The van der Waals surface area contributed by atoms with Crippen molar-refractivity contribution in [2.75, 3.05) is 26.0 Å². The average molecular weight is 274 g/mol. The number of hydrogen-bond donors (Lipinski definition) is 2. The molecule has 0 radical (unpaired) electrons. The number of ether oxygens (including phenoxy) is 1. The average Bonchev–Trinajstić information content (AvgIpc) is 2.23. The van der Waals surface area contributed by atoms with Crippen molar-refractivity contribution in [1.29, 1.82) is 0 Å². The fourth-order valence-corrected chi connectivity index (χ4v) is 1.29. The molecule has 3 N–H and O–H groups in total. The second kappa shape index (κ2) is 5.67. The largest absolute Gasteiger partial charge is 0.397 e. The van der Waals surface area contributed by atoms with E-state index in [2.05, 4.69) is 25.9 Å². The number of nitrogens with one attached hydrogen (secondary N) is 1. The normalized spacial score (nSPS) is 11.1. The Labute approximate surface area is 95.5 Å². The van der Waals surface area contributed by atoms with Crippen LogP contribution in [0, 0.1) is 0 Å². The number of anilines is 1. The van der Waals surface area contributed by atoms with Crippen LogP contribution in [0.3, 0.4) is 0 Å². The van der Waals surface area contributed by atoms with Gasteiger partial charge in [0.15, 0.2) is 0 Å². The maximum absolute atomic E-state index is 11.4. The van der Waals surface area contributed by atoms with E-state index in [1.807, 2.05) is 0 Å². The van der Waals surface area contributed by atoms with E-state index < -0.39 is 0 Å². The fourth-order valence-electron chi connectivity index (χ4n) is 0.963. The molecule has 5 nitrogen and oxygen atoms in total. The van der Waals surface area contributed by atoms with Gasteiger partial charge in [0.1, 0.15) is 0 Å². The van der Waals surface area contributed by atoms with Gasteiger partial charge in [-0.15, -0.1) is 0 Å². The van der Waals surface area contributed by atoms with Gasteiger partial charge in [0, 0.05) is 19.5 Å². The molecule has 0 bridgehead atoms. The quantitative estimate of drug-likeness (QED) is 0.629. The Hall–Kier alpha value is -1.14. The molecule has 0 unspecified atom stereocenters. The van der Waals surface area contributed by atoms with Crippen molar-refractivity contribution >= 4 is 27.8 Å². The van der Waals surface area contributed by atoms with E-state index in [1.165, 1.54) is 12.4 Å². The molecule has 15 heavy (non-hydrogen) atoms. The molecule has 0 saturated heterocycles. The molecule has 6 heteroatoms. The molecule has 82 valence electrons. The highest BCUT2D eigenvalue weighted by Crippen LogP contribution is 2.17. The molecule has 1 aromatic rings. The third-order valence-corrected chi connectivity index (χ3v) is 2.42. The zero-order chi connectivity index (χ0) is 11.3.